The second-order valence-electron chi connectivity index (χ2n) is 6.76. The van der Waals surface area contributed by atoms with Gasteiger partial charge in [0, 0.05) is 22.7 Å². The van der Waals surface area contributed by atoms with Crippen LogP contribution in [0, 0.1) is 11.6 Å². The van der Waals surface area contributed by atoms with E-state index < -0.39 is 5.56 Å². The van der Waals surface area contributed by atoms with E-state index in [0.29, 0.717) is 26.8 Å². The Balaban J connectivity index is 1.59. The van der Waals surface area contributed by atoms with Gasteiger partial charge in [-0.25, -0.2) is 13.8 Å². The lowest BCUT2D eigenvalue weighted by Crippen LogP contribution is -2.15. The van der Waals surface area contributed by atoms with Crippen molar-refractivity contribution in [1.82, 2.24) is 15.1 Å². The average Bonchev–Trinajstić information content (AvgIpc) is 3.35. The number of aromatic amines is 1. The summed E-state index contributed by atoms with van der Waals surface area (Å²) in [6.45, 7) is 0.0514. The third-order valence-corrected chi connectivity index (χ3v) is 5.47. The Hall–Kier alpha value is -4.05. The largest absolute Gasteiger partial charge is 0.396 e. The molecule has 0 saturated carbocycles. The van der Waals surface area contributed by atoms with E-state index in [-0.39, 0.29) is 29.7 Å². The van der Waals surface area contributed by atoms with Crippen molar-refractivity contribution in [2.24, 2.45) is 10.7 Å². The maximum Gasteiger partial charge on any atom is 0.265 e. The second kappa shape index (κ2) is 10.0. The van der Waals surface area contributed by atoms with Gasteiger partial charge in [0.15, 0.2) is 5.82 Å². The van der Waals surface area contributed by atoms with E-state index in [4.69, 9.17) is 10.3 Å². The Morgan fingerprint density at radius 1 is 1.15 bits per heavy atom. The monoisotopic (exact) mass is 465 g/mol. The van der Waals surface area contributed by atoms with Crippen LogP contribution < -0.4 is 11.3 Å². The Labute approximate surface area is 191 Å². The van der Waals surface area contributed by atoms with Gasteiger partial charge in [-0.15, -0.1) is 0 Å². The number of benzene rings is 2. The summed E-state index contributed by atoms with van der Waals surface area (Å²) in [6.07, 6.45) is 4.23. The lowest BCUT2D eigenvalue weighted by Gasteiger charge is -2.05. The summed E-state index contributed by atoms with van der Waals surface area (Å²) < 4.78 is 31.9. The van der Waals surface area contributed by atoms with Crippen LogP contribution >= 0.6 is 11.8 Å². The number of nitrogens with zero attached hydrogens (tertiary/aromatic N) is 3. The first-order valence-corrected chi connectivity index (χ1v) is 10.5. The van der Waals surface area contributed by atoms with Crippen molar-refractivity contribution in [3.63, 3.8) is 0 Å². The molecule has 2 aromatic carbocycles. The van der Waals surface area contributed by atoms with Gasteiger partial charge in [0.2, 0.25) is 0 Å². The molecule has 0 fully saturated rings. The van der Waals surface area contributed by atoms with Crippen LogP contribution in [-0.2, 0) is 6.54 Å². The predicted octanol–water partition coefficient (Wildman–Crippen LogP) is 4.18. The molecule has 0 aliphatic rings. The molecular formula is C23H17F2N5O2S. The Bertz CT molecular complexity index is 1370. The zero-order valence-corrected chi connectivity index (χ0v) is 17.9. The number of hydrogen-bond acceptors (Lipinski definition) is 7. The fraction of sp³-hybridized carbons (Fsp3) is 0.0435. The summed E-state index contributed by atoms with van der Waals surface area (Å²) in [5.41, 5.74) is 7.00. The highest BCUT2D eigenvalue weighted by atomic mass is 32.2. The van der Waals surface area contributed by atoms with E-state index in [2.05, 4.69) is 20.1 Å². The van der Waals surface area contributed by atoms with Crippen LogP contribution in [0.3, 0.4) is 0 Å². The van der Waals surface area contributed by atoms with Crippen LogP contribution in [-0.4, -0.2) is 20.8 Å². The number of hydrogen-bond donors (Lipinski definition) is 2. The second-order valence-corrected chi connectivity index (χ2v) is 7.87. The highest BCUT2D eigenvalue weighted by Gasteiger charge is 2.11. The summed E-state index contributed by atoms with van der Waals surface area (Å²) >= 11 is 1.15. The molecule has 0 saturated heterocycles. The highest BCUT2D eigenvalue weighted by Crippen LogP contribution is 2.24. The Morgan fingerprint density at radius 3 is 2.64 bits per heavy atom. The smallest absolute Gasteiger partial charge is 0.265 e. The topological polar surface area (TPSA) is 110 Å². The van der Waals surface area contributed by atoms with Gasteiger partial charge in [-0.1, -0.05) is 35.1 Å². The fourth-order valence-electron chi connectivity index (χ4n) is 2.79. The minimum absolute atomic E-state index is 0.0514. The van der Waals surface area contributed by atoms with E-state index in [9.17, 15) is 13.6 Å². The molecule has 2 aromatic heterocycles. The van der Waals surface area contributed by atoms with Crippen molar-refractivity contribution < 1.29 is 13.3 Å². The molecular weight excluding hydrogens is 448 g/mol. The molecule has 0 unspecified atom stereocenters. The van der Waals surface area contributed by atoms with Gasteiger partial charge >= 0.3 is 0 Å². The standard InChI is InChI=1S/C23H17F2N5O2S/c24-15-5-7-16(8-6-15)33-21-13-28-22(29-23(21)31)18(26)11-20(19-9-10-32-30-19)27-12-14-3-1-2-4-17(14)25/h1-11,13H,12,26H2,(H,28,29,31)/b18-11-,27-20?. The average molecular weight is 465 g/mol. The molecule has 4 rings (SSSR count). The minimum Gasteiger partial charge on any atom is -0.396 e. The molecule has 33 heavy (non-hydrogen) atoms. The number of aromatic nitrogens is 3. The van der Waals surface area contributed by atoms with Crippen LogP contribution in [0.15, 0.2) is 97.2 Å². The number of nitrogens with one attached hydrogen (secondary N) is 1. The molecule has 0 aliphatic carbocycles. The maximum atomic E-state index is 14.0. The van der Waals surface area contributed by atoms with Gasteiger partial charge in [0.25, 0.3) is 5.56 Å². The normalized spacial score (nSPS) is 12.2. The maximum absolute atomic E-state index is 14.0. The van der Waals surface area contributed by atoms with Crippen molar-refractivity contribution >= 4 is 23.2 Å². The third-order valence-electron chi connectivity index (χ3n) is 4.45. The van der Waals surface area contributed by atoms with Gasteiger partial charge in [0.1, 0.15) is 23.6 Å². The van der Waals surface area contributed by atoms with Crippen molar-refractivity contribution in [3.05, 3.63) is 112 Å². The molecule has 2 heterocycles. The predicted molar refractivity (Wildman–Crippen MR) is 121 cm³/mol. The van der Waals surface area contributed by atoms with Gasteiger partial charge in [-0.05, 0) is 36.4 Å². The first-order chi connectivity index (χ1) is 16.0. The zero-order valence-electron chi connectivity index (χ0n) is 17.0. The van der Waals surface area contributed by atoms with E-state index in [0.717, 1.165) is 11.8 Å². The van der Waals surface area contributed by atoms with Gasteiger partial charge < -0.3 is 15.2 Å². The summed E-state index contributed by atoms with van der Waals surface area (Å²) in [5, 5.41) is 3.86. The van der Waals surface area contributed by atoms with Crippen LogP contribution in [0.5, 0.6) is 0 Å². The summed E-state index contributed by atoms with van der Waals surface area (Å²) in [4.78, 5) is 24.8. The van der Waals surface area contributed by atoms with Gasteiger partial charge in [-0.2, -0.15) is 0 Å². The Kier molecular flexibility index (Phi) is 6.75. The first kappa shape index (κ1) is 22.2. The van der Waals surface area contributed by atoms with Crippen LogP contribution in [0.4, 0.5) is 8.78 Å². The van der Waals surface area contributed by atoms with Crippen LogP contribution in [0.25, 0.3) is 5.70 Å². The van der Waals surface area contributed by atoms with Crippen molar-refractivity contribution in [3.8, 4) is 0 Å². The number of nitrogens with two attached hydrogens (primary N) is 1. The van der Waals surface area contributed by atoms with Crippen molar-refractivity contribution in [1.29, 1.82) is 0 Å². The van der Waals surface area contributed by atoms with Crippen molar-refractivity contribution in [2.75, 3.05) is 0 Å². The summed E-state index contributed by atoms with van der Waals surface area (Å²) in [6, 6.07) is 13.6. The quantitative estimate of drug-likeness (QED) is 0.396. The van der Waals surface area contributed by atoms with E-state index >= 15 is 0 Å². The third kappa shape index (κ3) is 5.60. The molecule has 0 aliphatic heterocycles. The lowest BCUT2D eigenvalue weighted by atomic mass is 10.2. The SMILES string of the molecule is N/C(=C\C(=NCc1ccccc1F)c1ccon1)c1ncc(Sc2ccc(F)cc2)c(=O)[nH]1. The molecule has 0 atom stereocenters. The summed E-state index contributed by atoms with van der Waals surface area (Å²) in [5.74, 6) is -0.609. The van der Waals surface area contributed by atoms with Gasteiger partial charge in [0.05, 0.1) is 22.8 Å². The molecule has 7 nitrogen and oxygen atoms in total. The molecule has 10 heteroatoms. The van der Waals surface area contributed by atoms with Crippen LogP contribution in [0.2, 0.25) is 0 Å². The van der Waals surface area contributed by atoms with E-state index in [1.165, 1.54) is 36.7 Å². The van der Waals surface area contributed by atoms with E-state index in [1.807, 2.05) is 0 Å². The Morgan fingerprint density at radius 2 is 1.94 bits per heavy atom. The molecule has 4 aromatic rings. The molecule has 0 radical (unpaired) electrons. The number of halogens is 2. The van der Waals surface area contributed by atoms with Gasteiger partial charge in [-0.3, -0.25) is 9.79 Å². The molecule has 3 N–H and O–H groups in total. The van der Waals surface area contributed by atoms with Crippen LogP contribution in [0.1, 0.15) is 17.1 Å². The minimum atomic E-state index is -0.406. The molecule has 166 valence electrons. The number of aliphatic imine (C=N–C) groups is 1. The number of H-pyrrole nitrogens is 1. The van der Waals surface area contributed by atoms with Crippen molar-refractivity contribution in [2.45, 2.75) is 16.3 Å². The highest BCUT2D eigenvalue weighted by molar-refractivity contribution is 7.99. The summed E-state index contributed by atoms with van der Waals surface area (Å²) in [7, 11) is 0. The zero-order chi connectivity index (χ0) is 23.2. The number of allylic oxidation sites excluding steroid dienone is 1. The fourth-order valence-corrected chi connectivity index (χ4v) is 3.57. The first-order valence-electron chi connectivity index (χ1n) is 9.68. The molecule has 0 bridgehead atoms. The molecule has 0 spiro atoms. The number of rotatable bonds is 7. The molecule has 0 amide bonds. The van der Waals surface area contributed by atoms with E-state index in [1.54, 1.807) is 36.4 Å². The lowest BCUT2D eigenvalue weighted by molar-refractivity contribution is 0.418.